The van der Waals surface area contributed by atoms with Crippen LogP contribution in [0.2, 0.25) is 15.1 Å². The van der Waals surface area contributed by atoms with Crippen molar-refractivity contribution >= 4 is 46.4 Å². The lowest BCUT2D eigenvalue weighted by Crippen LogP contribution is -2.50. The Bertz CT molecular complexity index is 571. The Morgan fingerprint density at radius 2 is 2.04 bits per heavy atom. The predicted octanol–water partition coefficient (Wildman–Crippen LogP) is 3.02. The third-order valence-corrected chi connectivity index (χ3v) is 5.06. The number of anilines is 1. The van der Waals surface area contributed by atoms with Gasteiger partial charge in [0.25, 0.3) is 0 Å². The summed E-state index contributed by atoms with van der Waals surface area (Å²) in [6.45, 7) is 1.50. The molecule has 1 aliphatic heterocycles. The first kappa shape index (κ1) is 18.8. The SMILES string of the molecule is COC1CCN(CC(=O)Nc2cc(Cl)c(Cl)cc2Cl)C(CN)C1. The molecule has 2 atom stereocenters. The molecular formula is C15H20Cl3N3O2. The maximum absolute atomic E-state index is 12.3. The van der Waals surface area contributed by atoms with Gasteiger partial charge in [0.1, 0.15) is 0 Å². The molecule has 2 unspecified atom stereocenters. The van der Waals surface area contributed by atoms with Crippen LogP contribution >= 0.6 is 34.8 Å². The lowest BCUT2D eigenvalue weighted by molar-refractivity contribution is -0.118. The van der Waals surface area contributed by atoms with Crippen LogP contribution < -0.4 is 11.1 Å². The molecule has 1 saturated heterocycles. The van der Waals surface area contributed by atoms with Gasteiger partial charge in [-0.25, -0.2) is 0 Å². The van der Waals surface area contributed by atoms with Gasteiger partial charge in [-0.15, -0.1) is 0 Å². The average molecular weight is 381 g/mol. The van der Waals surface area contributed by atoms with Gasteiger partial charge < -0.3 is 15.8 Å². The predicted molar refractivity (Wildman–Crippen MR) is 94.5 cm³/mol. The van der Waals surface area contributed by atoms with Crippen LogP contribution in [-0.4, -0.2) is 49.7 Å². The van der Waals surface area contributed by atoms with Crippen LogP contribution in [0.3, 0.4) is 0 Å². The van der Waals surface area contributed by atoms with E-state index in [2.05, 4.69) is 10.2 Å². The molecule has 1 amide bonds. The maximum atomic E-state index is 12.3. The highest BCUT2D eigenvalue weighted by atomic mass is 35.5. The molecule has 128 valence electrons. The Labute approximate surface area is 151 Å². The topological polar surface area (TPSA) is 67.6 Å². The second-order valence-electron chi connectivity index (χ2n) is 5.54. The molecule has 1 fully saturated rings. The number of nitrogens with one attached hydrogen (secondary N) is 1. The first-order chi connectivity index (χ1) is 10.9. The van der Waals surface area contributed by atoms with Crippen molar-refractivity contribution in [1.82, 2.24) is 4.90 Å². The number of nitrogens with two attached hydrogens (primary N) is 1. The highest BCUT2D eigenvalue weighted by molar-refractivity contribution is 6.44. The van der Waals surface area contributed by atoms with Gasteiger partial charge in [0, 0.05) is 26.2 Å². The molecule has 1 heterocycles. The molecule has 1 aromatic rings. The summed E-state index contributed by atoms with van der Waals surface area (Å²) in [6, 6.07) is 3.18. The molecule has 0 bridgehead atoms. The van der Waals surface area contributed by atoms with Crippen LogP contribution in [0.4, 0.5) is 5.69 Å². The van der Waals surface area contributed by atoms with Crippen molar-refractivity contribution in [2.75, 3.05) is 32.1 Å². The zero-order valence-corrected chi connectivity index (χ0v) is 15.1. The molecule has 0 aromatic heterocycles. The minimum atomic E-state index is -0.167. The summed E-state index contributed by atoms with van der Waals surface area (Å²) in [6.07, 6.45) is 1.91. The summed E-state index contributed by atoms with van der Waals surface area (Å²) in [5.41, 5.74) is 6.26. The standard InChI is InChI=1S/C15H20Cl3N3O2/c1-23-10-2-3-21(9(4-10)7-19)8-15(22)20-14-6-12(17)11(16)5-13(14)18/h5-6,9-10H,2-4,7-8,19H2,1H3,(H,20,22). The number of hydrogen-bond donors (Lipinski definition) is 2. The molecule has 23 heavy (non-hydrogen) atoms. The Morgan fingerprint density at radius 1 is 1.35 bits per heavy atom. The number of carbonyl (C=O) groups excluding carboxylic acids is 1. The normalized spacial score (nSPS) is 22.1. The minimum absolute atomic E-state index is 0.128. The molecule has 2 rings (SSSR count). The summed E-state index contributed by atoms with van der Waals surface area (Å²) in [5, 5.41) is 3.80. The lowest BCUT2D eigenvalue weighted by Gasteiger charge is -2.37. The van der Waals surface area contributed by atoms with Crippen LogP contribution in [0, 0.1) is 0 Å². The number of hydrogen-bond acceptors (Lipinski definition) is 4. The first-order valence-corrected chi connectivity index (χ1v) is 8.49. The van der Waals surface area contributed by atoms with Crippen molar-refractivity contribution in [2.24, 2.45) is 5.73 Å². The molecule has 8 heteroatoms. The van der Waals surface area contributed by atoms with E-state index in [0.717, 1.165) is 19.4 Å². The molecule has 0 saturated carbocycles. The van der Waals surface area contributed by atoms with Crippen LogP contribution in [0.25, 0.3) is 0 Å². The fourth-order valence-electron chi connectivity index (χ4n) is 2.72. The monoisotopic (exact) mass is 379 g/mol. The molecule has 0 radical (unpaired) electrons. The van der Waals surface area contributed by atoms with E-state index >= 15 is 0 Å². The number of methoxy groups -OCH3 is 1. The lowest BCUT2D eigenvalue weighted by atomic mass is 9.99. The van der Waals surface area contributed by atoms with E-state index in [9.17, 15) is 4.79 Å². The zero-order valence-electron chi connectivity index (χ0n) is 12.8. The summed E-state index contributed by atoms with van der Waals surface area (Å²) in [5.74, 6) is -0.167. The number of benzene rings is 1. The second-order valence-corrected chi connectivity index (χ2v) is 6.76. The van der Waals surface area contributed by atoms with Crippen molar-refractivity contribution in [2.45, 2.75) is 25.0 Å². The molecule has 1 aliphatic rings. The summed E-state index contributed by atoms with van der Waals surface area (Å²) in [7, 11) is 1.70. The molecule has 0 spiro atoms. The summed E-state index contributed by atoms with van der Waals surface area (Å²) >= 11 is 17.9. The summed E-state index contributed by atoms with van der Waals surface area (Å²) in [4.78, 5) is 14.3. The first-order valence-electron chi connectivity index (χ1n) is 7.36. The van der Waals surface area contributed by atoms with Gasteiger partial charge >= 0.3 is 0 Å². The van der Waals surface area contributed by atoms with Crippen LogP contribution in [0.5, 0.6) is 0 Å². The second kappa shape index (κ2) is 8.51. The largest absolute Gasteiger partial charge is 0.381 e. The number of piperidine rings is 1. The van der Waals surface area contributed by atoms with Gasteiger partial charge in [0.2, 0.25) is 5.91 Å². The number of carbonyl (C=O) groups is 1. The average Bonchev–Trinajstić information content (AvgIpc) is 2.53. The van der Waals surface area contributed by atoms with Crippen molar-refractivity contribution in [3.8, 4) is 0 Å². The molecule has 3 N–H and O–H groups in total. The van der Waals surface area contributed by atoms with E-state index < -0.39 is 0 Å². The van der Waals surface area contributed by atoms with Gasteiger partial charge in [0.15, 0.2) is 0 Å². The molecule has 0 aliphatic carbocycles. The Morgan fingerprint density at radius 3 is 2.70 bits per heavy atom. The van der Waals surface area contributed by atoms with Crippen LogP contribution in [-0.2, 0) is 9.53 Å². The third-order valence-electron chi connectivity index (χ3n) is 4.03. The maximum Gasteiger partial charge on any atom is 0.238 e. The van der Waals surface area contributed by atoms with E-state index in [1.54, 1.807) is 13.2 Å². The quantitative estimate of drug-likeness (QED) is 0.771. The van der Waals surface area contributed by atoms with Gasteiger partial charge in [-0.1, -0.05) is 34.8 Å². The van der Waals surface area contributed by atoms with Crippen molar-refractivity contribution in [3.63, 3.8) is 0 Å². The zero-order chi connectivity index (χ0) is 17.0. The van der Waals surface area contributed by atoms with Crippen molar-refractivity contribution < 1.29 is 9.53 Å². The third kappa shape index (κ3) is 4.95. The number of ether oxygens (including phenoxy) is 1. The van der Waals surface area contributed by atoms with Gasteiger partial charge in [0.05, 0.1) is 33.4 Å². The van der Waals surface area contributed by atoms with Crippen molar-refractivity contribution in [3.05, 3.63) is 27.2 Å². The van der Waals surface area contributed by atoms with Crippen molar-refractivity contribution in [1.29, 1.82) is 0 Å². The van der Waals surface area contributed by atoms with E-state index in [0.29, 0.717) is 27.3 Å². The van der Waals surface area contributed by atoms with E-state index in [1.165, 1.54) is 6.07 Å². The van der Waals surface area contributed by atoms with Crippen LogP contribution in [0.15, 0.2) is 12.1 Å². The number of rotatable bonds is 5. The molecule has 1 aromatic carbocycles. The van der Waals surface area contributed by atoms with E-state index in [4.69, 9.17) is 45.3 Å². The minimum Gasteiger partial charge on any atom is -0.381 e. The highest BCUT2D eigenvalue weighted by Gasteiger charge is 2.28. The highest BCUT2D eigenvalue weighted by Crippen LogP contribution is 2.32. The summed E-state index contributed by atoms with van der Waals surface area (Å²) < 4.78 is 5.38. The van der Waals surface area contributed by atoms with Gasteiger partial charge in [-0.3, -0.25) is 9.69 Å². The van der Waals surface area contributed by atoms with Crippen LogP contribution in [0.1, 0.15) is 12.8 Å². The van der Waals surface area contributed by atoms with E-state index in [1.807, 2.05) is 0 Å². The van der Waals surface area contributed by atoms with Gasteiger partial charge in [-0.2, -0.15) is 0 Å². The number of amides is 1. The molecular weight excluding hydrogens is 361 g/mol. The van der Waals surface area contributed by atoms with E-state index in [-0.39, 0.29) is 24.6 Å². The molecule has 5 nitrogen and oxygen atoms in total. The Kier molecular flexibility index (Phi) is 6.95. The Hall–Kier alpha value is -0.560. The number of likely N-dealkylation sites (tertiary alicyclic amines) is 1. The number of nitrogens with zero attached hydrogens (tertiary/aromatic N) is 1. The number of halogens is 3. The van der Waals surface area contributed by atoms with Gasteiger partial charge in [-0.05, 0) is 25.0 Å². The fourth-order valence-corrected chi connectivity index (χ4v) is 3.32. The smallest absolute Gasteiger partial charge is 0.238 e. The Balaban J connectivity index is 1.98. The fraction of sp³-hybridized carbons (Fsp3) is 0.533.